The summed E-state index contributed by atoms with van der Waals surface area (Å²) in [6.07, 6.45) is 1.59. The van der Waals surface area contributed by atoms with Crippen molar-refractivity contribution in [1.82, 2.24) is 0 Å². The van der Waals surface area contributed by atoms with Gasteiger partial charge in [-0.25, -0.2) is 9.59 Å². The topological polar surface area (TPSA) is 65.7 Å². The smallest absolute Gasteiger partial charge is 0.351 e. The van der Waals surface area contributed by atoms with Crippen LogP contribution in [0.25, 0.3) is 11.0 Å². The highest BCUT2D eigenvalue weighted by Gasteiger charge is 2.16. The molecular formula is C15H14O5. The predicted octanol–water partition coefficient (Wildman–Crippen LogP) is 2.53. The summed E-state index contributed by atoms with van der Waals surface area (Å²) in [5.74, 6) is -0.268. The van der Waals surface area contributed by atoms with Gasteiger partial charge in [-0.05, 0) is 19.1 Å². The first-order chi connectivity index (χ1) is 9.67. The van der Waals surface area contributed by atoms with Crippen molar-refractivity contribution >= 4 is 16.9 Å². The van der Waals surface area contributed by atoms with Crippen LogP contribution in [0.4, 0.5) is 0 Å². The minimum atomic E-state index is -0.745. The number of carbonyl (C=O) groups is 1. The third-order valence-corrected chi connectivity index (χ3v) is 2.58. The largest absolute Gasteiger partial charge is 0.486 e. The number of benzene rings is 1. The molecule has 5 heteroatoms. The summed E-state index contributed by atoms with van der Waals surface area (Å²) in [6, 6.07) is 6.59. The fraction of sp³-hybridized carbons (Fsp3) is 0.200. The molecule has 0 saturated carbocycles. The normalized spacial score (nSPS) is 10.2. The minimum Gasteiger partial charge on any atom is -0.486 e. The molecule has 1 aromatic heterocycles. The Morgan fingerprint density at radius 3 is 2.95 bits per heavy atom. The Labute approximate surface area is 115 Å². The van der Waals surface area contributed by atoms with Crippen LogP contribution >= 0.6 is 0 Å². The zero-order valence-electron chi connectivity index (χ0n) is 11.0. The molecule has 0 atom stereocenters. The van der Waals surface area contributed by atoms with E-state index in [-0.39, 0.29) is 12.2 Å². The Kier molecular flexibility index (Phi) is 4.20. The summed E-state index contributed by atoms with van der Waals surface area (Å²) in [5, 5.41) is 0.592. The van der Waals surface area contributed by atoms with Crippen LogP contribution in [0.15, 0.2) is 46.1 Å². The summed E-state index contributed by atoms with van der Waals surface area (Å²) in [5.41, 5.74) is -0.571. The Morgan fingerprint density at radius 1 is 1.45 bits per heavy atom. The van der Waals surface area contributed by atoms with Crippen LogP contribution in [0.5, 0.6) is 5.75 Å². The second-order valence-electron chi connectivity index (χ2n) is 3.94. The summed E-state index contributed by atoms with van der Waals surface area (Å²) >= 11 is 0. The molecule has 0 fully saturated rings. The highest BCUT2D eigenvalue weighted by molar-refractivity contribution is 5.93. The molecule has 20 heavy (non-hydrogen) atoms. The standard InChI is InChI=1S/C15H14O5/c1-3-8-19-12-7-5-6-10-9-11(14(16)18-4-2)15(17)20-13(10)12/h3,5-7,9H,1,4,8H2,2H3. The summed E-state index contributed by atoms with van der Waals surface area (Å²) < 4.78 is 15.4. The number of fused-ring (bicyclic) bond motifs is 1. The molecule has 0 aliphatic heterocycles. The van der Waals surface area contributed by atoms with E-state index in [1.807, 2.05) is 0 Å². The van der Waals surface area contributed by atoms with Crippen LogP contribution < -0.4 is 10.4 Å². The third kappa shape index (κ3) is 2.71. The Hall–Kier alpha value is -2.56. The number of carbonyl (C=O) groups excluding carboxylic acids is 1. The van der Waals surface area contributed by atoms with Crippen molar-refractivity contribution in [3.05, 3.63) is 52.9 Å². The summed E-state index contributed by atoms with van der Waals surface area (Å²) in [4.78, 5) is 23.5. The van der Waals surface area contributed by atoms with Crippen molar-refractivity contribution in [2.45, 2.75) is 6.92 Å². The lowest BCUT2D eigenvalue weighted by Gasteiger charge is -2.07. The molecule has 1 aromatic carbocycles. The second kappa shape index (κ2) is 6.06. The molecule has 0 bridgehead atoms. The van der Waals surface area contributed by atoms with E-state index in [0.717, 1.165) is 0 Å². The van der Waals surface area contributed by atoms with Crippen LogP contribution in [0.3, 0.4) is 0 Å². The number of esters is 1. The first kappa shape index (κ1) is 13.9. The highest BCUT2D eigenvalue weighted by Crippen LogP contribution is 2.25. The van der Waals surface area contributed by atoms with Gasteiger partial charge >= 0.3 is 11.6 Å². The van der Waals surface area contributed by atoms with Gasteiger partial charge in [0.25, 0.3) is 0 Å². The maximum atomic E-state index is 11.8. The van der Waals surface area contributed by atoms with E-state index >= 15 is 0 Å². The van der Waals surface area contributed by atoms with E-state index < -0.39 is 11.6 Å². The van der Waals surface area contributed by atoms with Gasteiger partial charge in [-0.2, -0.15) is 0 Å². The number of para-hydroxylation sites is 1. The van der Waals surface area contributed by atoms with Crippen LogP contribution in [-0.4, -0.2) is 19.2 Å². The molecule has 0 spiro atoms. The van der Waals surface area contributed by atoms with Crippen LogP contribution in [-0.2, 0) is 4.74 Å². The maximum Gasteiger partial charge on any atom is 0.351 e. The quantitative estimate of drug-likeness (QED) is 0.476. The molecule has 0 amide bonds. The predicted molar refractivity (Wildman–Crippen MR) is 74.1 cm³/mol. The summed E-state index contributed by atoms with van der Waals surface area (Å²) in [6.45, 7) is 5.71. The Bertz CT molecular complexity index is 699. The first-order valence-electron chi connectivity index (χ1n) is 6.15. The lowest BCUT2D eigenvalue weighted by molar-refractivity contribution is 0.0521. The van der Waals surface area contributed by atoms with E-state index in [2.05, 4.69) is 6.58 Å². The molecule has 0 unspecified atom stereocenters. The van der Waals surface area contributed by atoms with E-state index in [9.17, 15) is 9.59 Å². The zero-order chi connectivity index (χ0) is 14.5. The van der Waals surface area contributed by atoms with Gasteiger partial charge in [0.2, 0.25) is 0 Å². The molecule has 2 rings (SSSR count). The monoisotopic (exact) mass is 274 g/mol. The number of hydrogen-bond acceptors (Lipinski definition) is 5. The fourth-order valence-corrected chi connectivity index (χ4v) is 1.73. The molecule has 0 saturated heterocycles. The van der Waals surface area contributed by atoms with Crippen molar-refractivity contribution in [1.29, 1.82) is 0 Å². The third-order valence-electron chi connectivity index (χ3n) is 2.58. The van der Waals surface area contributed by atoms with E-state index in [1.54, 1.807) is 31.2 Å². The SMILES string of the molecule is C=CCOc1cccc2cc(C(=O)OCC)c(=O)oc12. The van der Waals surface area contributed by atoms with Gasteiger partial charge in [-0.3, -0.25) is 0 Å². The fourth-order valence-electron chi connectivity index (χ4n) is 1.73. The molecular weight excluding hydrogens is 260 g/mol. The van der Waals surface area contributed by atoms with Crippen molar-refractivity contribution in [3.63, 3.8) is 0 Å². The second-order valence-corrected chi connectivity index (χ2v) is 3.94. The lowest BCUT2D eigenvalue weighted by atomic mass is 10.2. The molecule has 0 N–H and O–H groups in total. The van der Waals surface area contributed by atoms with Gasteiger partial charge in [-0.1, -0.05) is 24.8 Å². The number of hydrogen-bond donors (Lipinski definition) is 0. The van der Waals surface area contributed by atoms with Gasteiger partial charge in [0.05, 0.1) is 6.61 Å². The van der Waals surface area contributed by atoms with Gasteiger partial charge in [0.15, 0.2) is 11.3 Å². The maximum absolute atomic E-state index is 11.8. The first-order valence-corrected chi connectivity index (χ1v) is 6.15. The van der Waals surface area contributed by atoms with Gasteiger partial charge in [-0.15, -0.1) is 0 Å². The minimum absolute atomic E-state index is 0.125. The van der Waals surface area contributed by atoms with Crippen LogP contribution in [0, 0.1) is 0 Å². The van der Waals surface area contributed by atoms with E-state index in [4.69, 9.17) is 13.9 Å². The van der Waals surface area contributed by atoms with E-state index in [0.29, 0.717) is 23.3 Å². The number of ether oxygens (including phenoxy) is 2. The van der Waals surface area contributed by atoms with Crippen molar-refractivity contribution < 1.29 is 18.7 Å². The molecule has 104 valence electrons. The van der Waals surface area contributed by atoms with Gasteiger partial charge in [0, 0.05) is 5.39 Å². The number of rotatable bonds is 5. The van der Waals surface area contributed by atoms with Gasteiger partial charge in [0.1, 0.15) is 12.2 Å². The Balaban J connectivity index is 2.53. The average Bonchev–Trinajstić information content (AvgIpc) is 2.44. The zero-order valence-corrected chi connectivity index (χ0v) is 11.0. The average molecular weight is 274 g/mol. The lowest BCUT2D eigenvalue weighted by Crippen LogP contribution is -2.16. The van der Waals surface area contributed by atoms with Crippen LogP contribution in [0.1, 0.15) is 17.3 Å². The van der Waals surface area contributed by atoms with Crippen molar-refractivity contribution in [3.8, 4) is 5.75 Å². The van der Waals surface area contributed by atoms with Crippen LogP contribution in [0.2, 0.25) is 0 Å². The van der Waals surface area contributed by atoms with Gasteiger partial charge < -0.3 is 13.9 Å². The molecule has 2 aromatic rings. The summed E-state index contributed by atoms with van der Waals surface area (Å²) in [7, 11) is 0. The Morgan fingerprint density at radius 2 is 2.25 bits per heavy atom. The highest BCUT2D eigenvalue weighted by atomic mass is 16.5. The molecule has 0 radical (unpaired) electrons. The van der Waals surface area contributed by atoms with E-state index in [1.165, 1.54) is 6.07 Å². The van der Waals surface area contributed by atoms with Crippen molar-refractivity contribution in [2.24, 2.45) is 0 Å². The van der Waals surface area contributed by atoms with Crippen molar-refractivity contribution in [2.75, 3.05) is 13.2 Å². The molecule has 5 nitrogen and oxygen atoms in total. The molecule has 0 aliphatic rings. The molecule has 0 aliphatic carbocycles. The molecule has 1 heterocycles.